The monoisotopic (exact) mass is 140 g/mol. The third kappa shape index (κ3) is 2.34. The molecule has 1 heteroatoms. The van der Waals surface area contributed by atoms with Crippen molar-refractivity contribution < 1.29 is 4.79 Å². The second-order valence-electron chi connectivity index (χ2n) is 2.55. The molecule has 1 atom stereocenters. The van der Waals surface area contributed by atoms with Crippen molar-refractivity contribution in [2.75, 3.05) is 0 Å². The van der Waals surface area contributed by atoms with Gasteiger partial charge >= 0.3 is 0 Å². The van der Waals surface area contributed by atoms with Gasteiger partial charge in [-0.15, -0.1) is 0 Å². The Morgan fingerprint density at radius 3 is 2.20 bits per heavy atom. The van der Waals surface area contributed by atoms with Crippen molar-refractivity contribution in [1.82, 2.24) is 0 Å². The van der Waals surface area contributed by atoms with Crippen LogP contribution < -0.4 is 0 Å². The third-order valence-corrected chi connectivity index (χ3v) is 1.90. The number of ketones is 1. The molecule has 0 saturated heterocycles. The zero-order chi connectivity index (χ0) is 8.15. The second-order valence-corrected chi connectivity index (χ2v) is 2.55. The lowest BCUT2D eigenvalue weighted by atomic mass is 9.95. The highest BCUT2D eigenvalue weighted by Crippen LogP contribution is 2.13. The minimum atomic E-state index is 0.0648. The van der Waals surface area contributed by atoms with E-state index < -0.39 is 0 Å². The number of Topliss-reactive ketones (excluding diaryl/α,β-unsaturated/α-hetero) is 1. The van der Waals surface area contributed by atoms with E-state index in [1.165, 1.54) is 0 Å². The summed E-state index contributed by atoms with van der Waals surface area (Å²) in [6, 6.07) is 0. The van der Waals surface area contributed by atoms with E-state index >= 15 is 0 Å². The molecule has 0 rings (SSSR count). The molecule has 0 heterocycles. The Balaban J connectivity index is 3.94. The summed E-state index contributed by atoms with van der Waals surface area (Å²) in [5, 5.41) is 0. The Hall–Kier alpha value is -0.590. The van der Waals surface area contributed by atoms with Crippen LogP contribution in [0.25, 0.3) is 0 Å². The van der Waals surface area contributed by atoms with Crippen LogP contribution in [-0.4, -0.2) is 5.78 Å². The minimum absolute atomic E-state index is 0.0648. The Labute approximate surface area is 63.1 Å². The molecule has 10 heavy (non-hydrogen) atoms. The highest BCUT2D eigenvalue weighted by Gasteiger charge is 2.11. The molecule has 1 nitrogen and oxygen atoms in total. The maximum Gasteiger partial charge on any atom is 0.139 e. The predicted octanol–water partition coefficient (Wildman–Crippen LogP) is 2.57. The maximum absolute atomic E-state index is 11.1. The molecule has 0 spiro atoms. The number of carbonyl (C=O) groups excluding carboxylic acids is 1. The molecule has 0 aliphatic rings. The van der Waals surface area contributed by atoms with Gasteiger partial charge in [0.25, 0.3) is 0 Å². The zero-order valence-corrected chi connectivity index (χ0v) is 7.11. The summed E-state index contributed by atoms with van der Waals surface area (Å²) in [6.45, 7) is 9.67. The lowest BCUT2D eigenvalue weighted by molar-refractivity contribution is -0.121. The molecular formula is C9H16O. The summed E-state index contributed by atoms with van der Waals surface area (Å²) in [6.07, 6.45) is 1.53. The summed E-state index contributed by atoms with van der Waals surface area (Å²) in [5.74, 6) is 0.363. The highest BCUT2D eigenvalue weighted by atomic mass is 16.1. The second kappa shape index (κ2) is 4.26. The van der Waals surface area contributed by atoms with Crippen LogP contribution in [0.4, 0.5) is 0 Å². The molecular weight excluding hydrogens is 124 g/mol. The number of carbonyl (C=O) groups is 1. The lowest BCUT2D eigenvalue weighted by Crippen LogP contribution is -2.10. The molecule has 0 radical (unpaired) electrons. The van der Waals surface area contributed by atoms with E-state index in [4.69, 9.17) is 0 Å². The molecule has 0 fully saturated rings. The van der Waals surface area contributed by atoms with Crippen LogP contribution >= 0.6 is 0 Å². The molecule has 1 unspecified atom stereocenters. The maximum atomic E-state index is 11.1. The van der Waals surface area contributed by atoms with Crippen LogP contribution in [0.5, 0.6) is 0 Å². The fourth-order valence-electron chi connectivity index (χ4n) is 0.840. The smallest absolute Gasteiger partial charge is 0.139 e. The number of rotatable bonds is 4. The first-order valence-corrected chi connectivity index (χ1v) is 3.83. The van der Waals surface area contributed by atoms with Gasteiger partial charge in [-0.25, -0.2) is 0 Å². The molecule has 0 saturated carbocycles. The van der Waals surface area contributed by atoms with Gasteiger partial charge in [-0.05, 0) is 6.42 Å². The molecule has 0 aliphatic carbocycles. The quantitative estimate of drug-likeness (QED) is 0.548. The average Bonchev–Trinajstić information content (AvgIpc) is 2.00. The molecule has 0 bridgehead atoms. The van der Waals surface area contributed by atoms with Gasteiger partial charge in [0.1, 0.15) is 5.78 Å². The Morgan fingerprint density at radius 1 is 1.40 bits per heavy atom. The summed E-state index contributed by atoms with van der Waals surface area (Å²) >= 11 is 0. The van der Waals surface area contributed by atoms with E-state index in [0.29, 0.717) is 12.2 Å². The first-order chi connectivity index (χ1) is 4.63. The van der Waals surface area contributed by atoms with Crippen LogP contribution in [0.15, 0.2) is 12.2 Å². The van der Waals surface area contributed by atoms with Gasteiger partial charge in [-0.3, -0.25) is 4.79 Å². The van der Waals surface area contributed by atoms with Crippen LogP contribution in [0, 0.1) is 5.92 Å². The fourth-order valence-corrected chi connectivity index (χ4v) is 0.840. The van der Waals surface area contributed by atoms with Crippen molar-refractivity contribution >= 4 is 5.78 Å². The first kappa shape index (κ1) is 9.41. The Kier molecular flexibility index (Phi) is 4.01. The van der Waals surface area contributed by atoms with Gasteiger partial charge in [0, 0.05) is 12.3 Å². The average molecular weight is 140 g/mol. The van der Waals surface area contributed by atoms with Crippen molar-refractivity contribution in [3.63, 3.8) is 0 Å². The van der Waals surface area contributed by atoms with Crippen molar-refractivity contribution in [2.24, 2.45) is 5.92 Å². The molecule has 58 valence electrons. The van der Waals surface area contributed by atoms with E-state index in [1.54, 1.807) is 0 Å². The van der Waals surface area contributed by atoms with E-state index in [1.807, 2.05) is 20.8 Å². The van der Waals surface area contributed by atoms with E-state index in [2.05, 4.69) is 6.58 Å². The number of allylic oxidation sites excluding steroid dienone is 1. The number of hydrogen-bond donors (Lipinski definition) is 0. The third-order valence-electron chi connectivity index (χ3n) is 1.90. The highest BCUT2D eigenvalue weighted by molar-refractivity contribution is 5.82. The van der Waals surface area contributed by atoms with Crippen molar-refractivity contribution in [3.8, 4) is 0 Å². The van der Waals surface area contributed by atoms with Gasteiger partial charge in [-0.1, -0.05) is 32.9 Å². The summed E-state index contributed by atoms with van der Waals surface area (Å²) in [4.78, 5) is 11.1. The van der Waals surface area contributed by atoms with Gasteiger partial charge in [0.15, 0.2) is 0 Å². The van der Waals surface area contributed by atoms with Crippen molar-refractivity contribution in [2.45, 2.75) is 33.6 Å². The van der Waals surface area contributed by atoms with Crippen molar-refractivity contribution in [1.29, 1.82) is 0 Å². The molecule has 0 N–H and O–H groups in total. The molecule has 0 aromatic heterocycles. The Bertz CT molecular complexity index is 120. The summed E-state index contributed by atoms with van der Waals surface area (Å²) in [7, 11) is 0. The van der Waals surface area contributed by atoms with E-state index in [-0.39, 0.29) is 5.92 Å². The summed E-state index contributed by atoms with van der Waals surface area (Å²) < 4.78 is 0. The van der Waals surface area contributed by atoms with Crippen LogP contribution in [0.1, 0.15) is 33.6 Å². The van der Waals surface area contributed by atoms with Crippen LogP contribution in [-0.2, 0) is 4.79 Å². The largest absolute Gasteiger partial charge is 0.299 e. The molecule has 0 aromatic rings. The molecule has 0 amide bonds. The lowest BCUT2D eigenvalue weighted by Gasteiger charge is -2.09. The summed E-state index contributed by atoms with van der Waals surface area (Å²) in [5.41, 5.74) is 1.05. The van der Waals surface area contributed by atoms with E-state index in [0.717, 1.165) is 12.0 Å². The zero-order valence-electron chi connectivity index (χ0n) is 7.11. The van der Waals surface area contributed by atoms with Crippen molar-refractivity contribution in [3.05, 3.63) is 12.2 Å². The molecule has 0 aliphatic heterocycles. The van der Waals surface area contributed by atoms with Crippen LogP contribution in [0.3, 0.4) is 0 Å². The first-order valence-electron chi connectivity index (χ1n) is 3.83. The standard InChI is InChI=1S/C9H16O/c1-5-7(3)8(4)9(10)6-2/h8H,3,5-6H2,1-2,4H3. The normalized spacial score (nSPS) is 12.7. The predicted molar refractivity (Wildman–Crippen MR) is 43.9 cm³/mol. The van der Waals surface area contributed by atoms with Gasteiger partial charge in [0.05, 0.1) is 0 Å². The van der Waals surface area contributed by atoms with Gasteiger partial charge in [0.2, 0.25) is 0 Å². The molecule has 0 aromatic carbocycles. The van der Waals surface area contributed by atoms with Crippen LogP contribution in [0.2, 0.25) is 0 Å². The minimum Gasteiger partial charge on any atom is -0.299 e. The van der Waals surface area contributed by atoms with Gasteiger partial charge < -0.3 is 0 Å². The fraction of sp³-hybridized carbons (Fsp3) is 0.667. The topological polar surface area (TPSA) is 17.1 Å². The Morgan fingerprint density at radius 2 is 1.90 bits per heavy atom. The SMILES string of the molecule is C=C(CC)C(C)C(=O)CC. The van der Waals surface area contributed by atoms with E-state index in [9.17, 15) is 4.79 Å². The van der Waals surface area contributed by atoms with Gasteiger partial charge in [-0.2, -0.15) is 0 Å². The number of hydrogen-bond acceptors (Lipinski definition) is 1.